The lowest BCUT2D eigenvalue weighted by molar-refractivity contribution is 0.315. The van der Waals surface area contributed by atoms with E-state index < -0.39 is 0 Å². The number of hydrogen-bond donors (Lipinski definition) is 2. The van der Waals surface area contributed by atoms with Crippen LogP contribution in [-0.2, 0) is 6.42 Å². The standard InChI is InChI=1S/C22H26O5/c1-15(2)12-13-27-22-17(9-11-19(25-3)21(22)24)7-5-6-16-8-10-18(23)20(14-16)26-4/h5-6,8-12,14,23-24H,7,13H2,1-4H3/b6-5+. The van der Waals surface area contributed by atoms with E-state index in [1.807, 2.05) is 38.1 Å². The summed E-state index contributed by atoms with van der Waals surface area (Å²) in [7, 11) is 3.02. The van der Waals surface area contributed by atoms with Crippen molar-refractivity contribution in [3.63, 3.8) is 0 Å². The number of benzene rings is 2. The molecule has 0 amide bonds. The summed E-state index contributed by atoms with van der Waals surface area (Å²) in [5, 5.41) is 20.1. The predicted octanol–water partition coefficient (Wildman–Crippen LogP) is 4.72. The van der Waals surface area contributed by atoms with Crippen LogP contribution in [0.4, 0.5) is 0 Å². The molecule has 0 spiro atoms. The van der Waals surface area contributed by atoms with E-state index in [0.717, 1.165) is 16.7 Å². The molecular weight excluding hydrogens is 344 g/mol. The van der Waals surface area contributed by atoms with Crippen LogP contribution in [0, 0.1) is 0 Å². The molecule has 27 heavy (non-hydrogen) atoms. The molecule has 0 atom stereocenters. The SMILES string of the molecule is COc1cc(/C=C/Cc2ccc(OC)c(O)c2OCC=C(C)C)ccc1O. The number of ether oxygens (including phenoxy) is 3. The van der Waals surface area contributed by atoms with E-state index in [2.05, 4.69) is 0 Å². The summed E-state index contributed by atoms with van der Waals surface area (Å²) in [6.07, 6.45) is 6.39. The molecule has 0 radical (unpaired) electrons. The topological polar surface area (TPSA) is 68.2 Å². The highest BCUT2D eigenvalue weighted by molar-refractivity contribution is 5.58. The second-order valence-electron chi connectivity index (χ2n) is 6.23. The molecule has 2 rings (SSSR count). The van der Waals surface area contributed by atoms with Gasteiger partial charge in [0.05, 0.1) is 14.2 Å². The van der Waals surface area contributed by atoms with Crippen molar-refractivity contribution in [3.05, 3.63) is 59.2 Å². The fourth-order valence-electron chi connectivity index (χ4n) is 2.49. The van der Waals surface area contributed by atoms with E-state index in [9.17, 15) is 10.2 Å². The Kier molecular flexibility index (Phi) is 7.17. The summed E-state index contributed by atoms with van der Waals surface area (Å²) in [5.41, 5.74) is 2.88. The molecule has 0 fully saturated rings. The van der Waals surface area contributed by atoms with Crippen molar-refractivity contribution in [1.29, 1.82) is 0 Å². The highest BCUT2D eigenvalue weighted by Gasteiger charge is 2.14. The van der Waals surface area contributed by atoms with Crippen LogP contribution in [0.15, 0.2) is 48.1 Å². The van der Waals surface area contributed by atoms with Gasteiger partial charge in [0.25, 0.3) is 0 Å². The lowest BCUT2D eigenvalue weighted by Crippen LogP contribution is -1.99. The summed E-state index contributed by atoms with van der Waals surface area (Å²) in [4.78, 5) is 0. The first kappa shape index (κ1) is 20.2. The molecule has 2 N–H and O–H groups in total. The molecule has 5 heteroatoms. The molecule has 2 aromatic rings. The average Bonchev–Trinajstić information content (AvgIpc) is 2.65. The van der Waals surface area contributed by atoms with Gasteiger partial charge < -0.3 is 24.4 Å². The number of phenols is 2. The quantitative estimate of drug-likeness (QED) is 0.658. The summed E-state index contributed by atoms with van der Waals surface area (Å²) >= 11 is 0. The van der Waals surface area contributed by atoms with Gasteiger partial charge in [0, 0.05) is 5.56 Å². The maximum atomic E-state index is 10.4. The third-order valence-electron chi connectivity index (χ3n) is 3.97. The first-order valence-electron chi connectivity index (χ1n) is 8.64. The zero-order valence-electron chi connectivity index (χ0n) is 16.2. The van der Waals surface area contributed by atoms with E-state index in [4.69, 9.17) is 14.2 Å². The lowest BCUT2D eigenvalue weighted by Gasteiger charge is -2.14. The van der Waals surface area contributed by atoms with Crippen molar-refractivity contribution in [2.45, 2.75) is 20.3 Å². The number of aromatic hydroxyl groups is 2. The highest BCUT2D eigenvalue weighted by Crippen LogP contribution is 2.39. The van der Waals surface area contributed by atoms with E-state index in [1.54, 1.807) is 24.3 Å². The smallest absolute Gasteiger partial charge is 0.201 e. The van der Waals surface area contributed by atoms with Crippen molar-refractivity contribution in [2.75, 3.05) is 20.8 Å². The summed E-state index contributed by atoms with van der Waals surface area (Å²) < 4.78 is 16.1. The molecule has 5 nitrogen and oxygen atoms in total. The molecule has 2 aromatic carbocycles. The Morgan fingerprint density at radius 2 is 1.74 bits per heavy atom. The maximum Gasteiger partial charge on any atom is 0.201 e. The van der Waals surface area contributed by atoms with Crippen LogP contribution in [0.5, 0.6) is 28.7 Å². The van der Waals surface area contributed by atoms with Gasteiger partial charge >= 0.3 is 0 Å². The van der Waals surface area contributed by atoms with Crippen LogP contribution in [-0.4, -0.2) is 31.0 Å². The molecule has 0 aliphatic rings. The van der Waals surface area contributed by atoms with Gasteiger partial charge in [-0.05, 0) is 50.1 Å². The third kappa shape index (κ3) is 5.45. The third-order valence-corrected chi connectivity index (χ3v) is 3.97. The minimum Gasteiger partial charge on any atom is -0.504 e. The van der Waals surface area contributed by atoms with Crippen LogP contribution in [0.2, 0.25) is 0 Å². The van der Waals surface area contributed by atoms with E-state index >= 15 is 0 Å². The Bertz CT molecular complexity index is 833. The van der Waals surface area contributed by atoms with Gasteiger partial charge in [-0.2, -0.15) is 0 Å². The van der Waals surface area contributed by atoms with Crippen molar-refractivity contribution in [3.8, 4) is 28.7 Å². The van der Waals surface area contributed by atoms with Gasteiger partial charge in [0.1, 0.15) is 6.61 Å². The van der Waals surface area contributed by atoms with E-state index in [-0.39, 0.29) is 11.5 Å². The molecule has 0 bridgehead atoms. The molecular formula is C22H26O5. The van der Waals surface area contributed by atoms with E-state index in [0.29, 0.717) is 30.3 Å². The van der Waals surface area contributed by atoms with Crippen LogP contribution < -0.4 is 14.2 Å². The van der Waals surface area contributed by atoms with Crippen LogP contribution >= 0.6 is 0 Å². The molecule has 0 aliphatic heterocycles. The largest absolute Gasteiger partial charge is 0.504 e. The molecule has 0 heterocycles. The van der Waals surface area contributed by atoms with Gasteiger partial charge in [-0.3, -0.25) is 0 Å². The Balaban J connectivity index is 2.21. The molecule has 0 saturated carbocycles. The molecule has 0 aromatic heterocycles. The van der Waals surface area contributed by atoms with Gasteiger partial charge in [-0.25, -0.2) is 0 Å². The summed E-state index contributed by atoms with van der Waals surface area (Å²) in [6, 6.07) is 8.73. The number of methoxy groups -OCH3 is 2. The van der Waals surface area contributed by atoms with Crippen molar-refractivity contribution >= 4 is 6.08 Å². The minimum absolute atomic E-state index is 0.00291. The van der Waals surface area contributed by atoms with Gasteiger partial charge in [-0.15, -0.1) is 0 Å². The highest BCUT2D eigenvalue weighted by atomic mass is 16.5. The fraction of sp³-hybridized carbons (Fsp3) is 0.273. The van der Waals surface area contributed by atoms with Crippen molar-refractivity contribution in [1.82, 2.24) is 0 Å². The lowest BCUT2D eigenvalue weighted by atomic mass is 10.1. The second kappa shape index (κ2) is 9.57. The van der Waals surface area contributed by atoms with Crippen LogP contribution in [0.1, 0.15) is 25.0 Å². The zero-order chi connectivity index (χ0) is 19.8. The predicted molar refractivity (Wildman–Crippen MR) is 107 cm³/mol. The Labute approximate surface area is 160 Å². The first-order chi connectivity index (χ1) is 13.0. The van der Waals surface area contributed by atoms with Crippen molar-refractivity contribution in [2.24, 2.45) is 0 Å². The Morgan fingerprint density at radius 1 is 1.00 bits per heavy atom. The van der Waals surface area contributed by atoms with Gasteiger partial charge in [0.15, 0.2) is 23.0 Å². The maximum absolute atomic E-state index is 10.4. The zero-order valence-corrected chi connectivity index (χ0v) is 16.2. The van der Waals surface area contributed by atoms with E-state index in [1.165, 1.54) is 14.2 Å². The average molecular weight is 370 g/mol. The van der Waals surface area contributed by atoms with Crippen molar-refractivity contribution < 1.29 is 24.4 Å². The Hall–Kier alpha value is -3.08. The number of rotatable bonds is 8. The monoisotopic (exact) mass is 370 g/mol. The second-order valence-corrected chi connectivity index (χ2v) is 6.23. The summed E-state index contributed by atoms with van der Waals surface area (Å²) in [6.45, 7) is 4.35. The number of allylic oxidation sites excluding steroid dienone is 2. The van der Waals surface area contributed by atoms with Crippen LogP contribution in [0.3, 0.4) is 0 Å². The Morgan fingerprint density at radius 3 is 2.41 bits per heavy atom. The normalized spacial score (nSPS) is 10.7. The molecule has 0 saturated heterocycles. The molecule has 144 valence electrons. The van der Waals surface area contributed by atoms with Crippen LogP contribution in [0.25, 0.3) is 6.08 Å². The fourth-order valence-corrected chi connectivity index (χ4v) is 2.49. The molecule has 0 unspecified atom stereocenters. The first-order valence-corrected chi connectivity index (χ1v) is 8.64. The number of hydrogen-bond acceptors (Lipinski definition) is 5. The molecule has 0 aliphatic carbocycles. The number of phenolic OH excluding ortho intramolecular Hbond substituents is 2. The summed E-state index contributed by atoms with van der Waals surface area (Å²) in [5.74, 6) is 1.31. The van der Waals surface area contributed by atoms with Gasteiger partial charge in [-0.1, -0.05) is 29.9 Å². The van der Waals surface area contributed by atoms with Gasteiger partial charge in [0.2, 0.25) is 5.75 Å². The minimum atomic E-state index is -0.00291.